The highest BCUT2D eigenvalue weighted by Gasteiger charge is 2.15. The molecule has 4 rings (SSSR count). The number of ether oxygens (including phenoxy) is 2. The molecule has 3 aromatic carbocycles. The largest absolute Gasteiger partial charge is 0.494 e. The molecule has 0 aliphatic carbocycles. The Kier molecular flexibility index (Phi) is 9.15. The van der Waals surface area contributed by atoms with Gasteiger partial charge in [0, 0.05) is 11.6 Å². The summed E-state index contributed by atoms with van der Waals surface area (Å²) in [5.41, 5.74) is 4.28. The SMILES string of the molecule is CCCCc1ccc(-n2nc3cc(Cl)c(NC(=S)NC(=O)c4cc(OCC)cc(OCC)c4)cc3n2)cc1. The number of halogens is 1. The minimum absolute atomic E-state index is 0.0890. The molecule has 1 amide bonds. The molecule has 4 aromatic rings. The van der Waals surface area contributed by atoms with Crippen LogP contribution in [0, 0.1) is 0 Å². The number of aryl methyl sites for hydroxylation is 1. The number of thiocarbonyl (C=S) groups is 1. The van der Waals surface area contributed by atoms with Crippen LogP contribution in [0.3, 0.4) is 0 Å². The molecule has 0 saturated heterocycles. The molecular formula is C28H30ClN5O3S. The van der Waals surface area contributed by atoms with Gasteiger partial charge < -0.3 is 14.8 Å². The van der Waals surface area contributed by atoms with E-state index >= 15 is 0 Å². The van der Waals surface area contributed by atoms with Gasteiger partial charge in [-0.25, -0.2) is 0 Å². The number of amides is 1. The second kappa shape index (κ2) is 12.7. The van der Waals surface area contributed by atoms with Crippen molar-refractivity contribution in [1.29, 1.82) is 0 Å². The molecule has 0 unspecified atom stereocenters. The second-order valence-corrected chi connectivity index (χ2v) is 9.36. The van der Waals surface area contributed by atoms with Crippen molar-refractivity contribution in [1.82, 2.24) is 20.3 Å². The third-order valence-corrected chi connectivity index (χ3v) is 6.21. The number of aromatic nitrogens is 3. The second-order valence-electron chi connectivity index (χ2n) is 8.55. The lowest BCUT2D eigenvalue weighted by Gasteiger charge is -2.13. The zero-order valence-corrected chi connectivity index (χ0v) is 23.2. The Morgan fingerprint density at radius 1 is 0.947 bits per heavy atom. The number of anilines is 1. The number of unbranched alkanes of at least 4 members (excludes halogenated alkanes) is 1. The average Bonchev–Trinajstić information content (AvgIpc) is 3.30. The van der Waals surface area contributed by atoms with E-state index in [1.807, 2.05) is 26.0 Å². The number of hydrogen-bond donors (Lipinski definition) is 2. The van der Waals surface area contributed by atoms with Crippen molar-refractivity contribution in [3.63, 3.8) is 0 Å². The van der Waals surface area contributed by atoms with E-state index < -0.39 is 5.91 Å². The summed E-state index contributed by atoms with van der Waals surface area (Å²) in [7, 11) is 0. The fourth-order valence-corrected chi connectivity index (χ4v) is 4.27. The van der Waals surface area contributed by atoms with Crippen molar-refractivity contribution in [3.05, 3.63) is 70.7 Å². The molecule has 0 saturated carbocycles. The first-order valence-electron chi connectivity index (χ1n) is 12.6. The molecule has 10 heteroatoms. The van der Waals surface area contributed by atoms with Gasteiger partial charge in [-0.05, 0) is 80.9 Å². The Bertz CT molecular complexity index is 1410. The van der Waals surface area contributed by atoms with E-state index in [1.54, 1.807) is 35.1 Å². The minimum atomic E-state index is -0.407. The van der Waals surface area contributed by atoms with E-state index in [0.29, 0.717) is 52.0 Å². The third-order valence-electron chi connectivity index (χ3n) is 5.69. The molecule has 0 atom stereocenters. The van der Waals surface area contributed by atoms with Gasteiger partial charge in [-0.1, -0.05) is 37.1 Å². The van der Waals surface area contributed by atoms with Crippen LogP contribution in [0.2, 0.25) is 5.02 Å². The van der Waals surface area contributed by atoms with Crippen LogP contribution in [-0.2, 0) is 6.42 Å². The topological polar surface area (TPSA) is 90.3 Å². The van der Waals surface area contributed by atoms with Crippen LogP contribution in [0.25, 0.3) is 16.7 Å². The first-order chi connectivity index (χ1) is 18.4. The summed E-state index contributed by atoms with van der Waals surface area (Å²) in [5.74, 6) is 0.667. The molecule has 2 N–H and O–H groups in total. The molecule has 0 spiro atoms. The quantitative estimate of drug-likeness (QED) is 0.222. The van der Waals surface area contributed by atoms with Crippen LogP contribution >= 0.6 is 23.8 Å². The van der Waals surface area contributed by atoms with Crippen molar-refractivity contribution in [2.45, 2.75) is 40.0 Å². The van der Waals surface area contributed by atoms with Gasteiger partial charge in [-0.3, -0.25) is 10.1 Å². The van der Waals surface area contributed by atoms with Gasteiger partial charge in [0.25, 0.3) is 5.91 Å². The molecule has 0 aliphatic rings. The molecule has 1 heterocycles. The number of nitrogens with one attached hydrogen (secondary N) is 2. The van der Waals surface area contributed by atoms with Gasteiger partial charge in [0.05, 0.1) is 29.6 Å². The van der Waals surface area contributed by atoms with E-state index in [0.717, 1.165) is 24.9 Å². The van der Waals surface area contributed by atoms with Crippen LogP contribution in [0.15, 0.2) is 54.6 Å². The van der Waals surface area contributed by atoms with E-state index in [4.69, 9.17) is 33.3 Å². The highest BCUT2D eigenvalue weighted by Crippen LogP contribution is 2.27. The normalized spacial score (nSPS) is 10.8. The predicted octanol–water partition coefficient (Wildman–Crippen LogP) is 6.34. The zero-order valence-electron chi connectivity index (χ0n) is 21.6. The first-order valence-corrected chi connectivity index (χ1v) is 13.4. The monoisotopic (exact) mass is 551 g/mol. The van der Waals surface area contributed by atoms with Gasteiger partial charge in [0.15, 0.2) is 5.11 Å². The Balaban J connectivity index is 1.48. The van der Waals surface area contributed by atoms with Gasteiger partial charge in [-0.2, -0.15) is 4.80 Å². The number of nitrogens with zero attached hydrogens (tertiary/aromatic N) is 3. The van der Waals surface area contributed by atoms with Gasteiger partial charge in [-0.15, -0.1) is 10.2 Å². The van der Waals surface area contributed by atoms with Crippen molar-refractivity contribution in [2.75, 3.05) is 18.5 Å². The smallest absolute Gasteiger partial charge is 0.257 e. The fraction of sp³-hybridized carbons (Fsp3) is 0.286. The number of rotatable bonds is 10. The maximum Gasteiger partial charge on any atom is 0.257 e. The summed E-state index contributed by atoms with van der Waals surface area (Å²) < 4.78 is 11.1. The summed E-state index contributed by atoms with van der Waals surface area (Å²) >= 11 is 11.9. The Morgan fingerprint density at radius 3 is 2.18 bits per heavy atom. The molecule has 38 heavy (non-hydrogen) atoms. The highest BCUT2D eigenvalue weighted by molar-refractivity contribution is 7.80. The molecular weight excluding hydrogens is 522 g/mol. The Hall–Kier alpha value is -3.69. The first kappa shape index (κ1) is 27.3. The van der Waals surface area contributed by atoms with E-state index in [9.17, 15) is 4.79 Å². The predicted molar refractivity (Wildman–Crippen MR) is 155 cm³/mol. The van der Waals surface area contributed by atoms with Gasteiger partial charge in [0.2, 0.25) is 0 Å². The van der Waals surface area contributed by atoms with Crippen LogP contribution < -0.4 is 20.1 Å². The van der Waals surface area contributed by atoms with Crippen LogP contribution in [0.4, 0.5) is 5.69 Å². The summed E-state index contributed by atoms with van der Waals surface area (Å²) in [5, 5.41) is 15.3. The minimum Gasteiger partial charge on any atom is -0.494 e. The lowest BCUT2D eigenvalue weighted by atomic mass is 10.1. The van der Waals surface area contributed by atoms with Crippen molar-refractivity contribution < 1.29 is 14.3 Å². The number of carbonyl (C=O) groups excluding carboxylic acids is 1. The number of hydrogen-bond acceptors (Lipinski definition) is 6. The maximum absolute atomic E-state index is 12.9. The Labute approximate surface area is 232 Å². The summed E-state index contributed by atoms with van der Waals surface area (Å²) in [4.78, 5) is 14.5. The van der Waals surface area contributed by atoms with Gasteiger partial charge >= 0.3 is 0 Å². The average molecular weight is 552 g/mol. The number of fused-ring (bicyclic) bond motifs is 1. The molecule has 198 valence electrons. The lowest BCUT2D eigenvalue weighted by Crippen LogP contribution is -2.34. The van der Waals surface area contributed by atoms with E-state index in [2.05, 4.69) is 39.9 Å². The fourth-order valence-electron chi connectivity index (χ4n) is 3.86. The maximum atomic E-state index is 12.9. The summed E-state index contributed by atoms with van der Waals surface area (Å²) in [6, 6.07) is 16.7. The van der Waals surface area contributed by atoms with Crippen molar-refractivity contribution in [2.24, 2.45) is 0 Å². The molecule has 8 nitrogen and oxygen atoms in total. The van der Waals surface area contributed by atoms with Crippen LogP contribution in [0.1, 0.15) is 49.5 Å². The molecule has 1 aromatic heterocycles. The molecule has 0 aliphatic heterocycles. The molecule has 0 radical (unpaired) electrons. The zero-order chi connectivity index (χ0) is 27.1. The van der Waals surface area contributed by atoms with Crippen molar-refractivity contribution in [3.8, 4) is 17.2 Å². The molecule has 0 fully saturated rings. The van der Waals surface area contributed by atoms with Gasteiger partial charge in [0.1, 0.15) is 22.5 Å². The molecule has 0 bridgehead atoms. The standard InChI is InChI=1S/C28H30ClN5O3S/c1-4-7-8-18-9-11-20(12-10-18)34-32-25-16-23(29)24(17-26(25)33-34)30-28(38)31-27(35)19-13-21(36-5-2)15-22(14-19)37-6-3/h9-17H,4-8H2,1-3H3,(H2,30,31,35,38). The van der Waals surface area contributed by atoms with E-state index in [-0.39, 0.29) is 5.11 Å². The Morgan fingerprint density at radius 2 is 1.58 bits per heavy atom. The third kappa shape index (κ3) is 6.79. The number of benzene rings is 3. The van der Waals surface area contributed by atoms with Crippen LogP contribution in [-0.4, -0.2) is 39.2 Å². The summed E-state index contributed by atoms with van der Waals surface area (Å²) in [6.07, 6.45) is 3.37. The van der Waals surface area contributed by atoms with E-state index in [1.165, 1.54) is 5.56 Å². The lowest BCUT2D eigenvalue weighted by molar-refractivity contribution is 0.0976. The summed E-state index contributed by atoms with van der Waals surface area (Å²) in [6.45, 7) is 6.85. The number of carbonyl (C=O) groups is 1. The van der Waals surface area contributed by atoms with Crippen molar-refractivity contribution >= 4 is 51.6 Å². The highest BCUT2D eigenvalue weighted by atomic mass is 35.5. The van der Waals surface area contributed by atoms with Crippen LogP contribution in [0.5, 0.6) is 11.5 Å².